The average Bonchev–Trinajstić information content (AvgIpc) is 3.52. The van der Waals surface area contributed by atoms with Crippen molar-refractivity contribution in [2.45, 2.75) is 25.2 Å². The second-order valence-electron chi connectivity index (χ2n) is 10.4. The molecule has 5 aromatic rings. The lowest BCUT2D eigenvalue weighted by Crippen LogP contribution is -2.36. The Morgan fingerprint density at radius 1 is 0.909 bits per heavy atom. The number of nitrogens with zero attached hydrogens (tertiary/aromatic N) is 2. The number of thiophene rings is 1. The van der Waals surface area contributed by atoms with Crippen molar-refractivity contribution in [1.29, 1.82) is 0 Å². The summed E-state index contributed by atoms with van der Waals surface area (Å²) in [5.41, 5.74) is 5.69. The first-order valence-corrected chi connectivity index (χ1v) is 15.2. The highest BCUT2D eigenvalue weighted by Crippen LogP contribution is 2.40. The fraction of sp³-hybridized carbons (Fsp3) is 0.273. The summed E-state index contributed by atoms with van der Waals surface area (Å²) >= 11 is 1.53. The van der Waals surface area contributed by atoms with E-state index in [9.17, 15) is 17.6 Å². The van der Waals surface area contributed by atoms with Gasteiger partial charge >= 0.3 is 6.18 Å². The van der Waals surface area contributed by atoms with Gasteiger partial charge in [0.1, 0.15) is 35.6 Å². The molecule has 0 saturated carbocycles. The highest BCUT2D eigenvalue weighted by molar-refractivity contribution is 7.17. The fourth-order valence-electron chi connectivity index (χ4n) is 5.36. The molecule has 0 spiro atoms. The molecule has 6 nitrogen and oxygen atoms in total. The molecule has 44 heavy (non-hydrogen) atoms. The molecule has 1 aliphatic heterocycles. The molecule has 2 N–H and O–H groups in total. The van der Waals surface area contributed by atoms with Crippen LogP contribution in [0.25, 0.3) is 32.6 Å². The molecule has 0 radical (unpaired) electrons. The van der Waals surface area contributed by atoms with Gasteiger partial charge in [-0.05, 0) is 59.3 Å². The van der Waals surface area contributed by atoms with Crippen LogP contribution in [-0.4, -0.2) is 49.3 Å². The average molecular weight is 623 g/mol. The second kappa shape index (κ2) is 13.4. The van der Waals surface area contributed by atoms with Crippen molar-refractivity contribution in [2.75, 3.05) is 32.9 Å². The molecule has 2 aromatic heterocycles. The predicted octanol–water partition coefficient (Wildman–Crippen LogP) is 7.10. The van der Waals surface area contributed by atoms with Gasteiger partial charge in [-0.25, -0.2) is 4.39 Å². The summed E-state index contributed by atoms with van der Waals surface area (Å²) in [6, 6.07) is 18.5. The third-order valence-corrected chi connectivity index (χ3v) is 8.41. The van der Waals surface area contributed by atoms with E-state index in [4.69, 9.17) is 9.47 Å². The number of hydrogen-bond donors (Lipinski definition) is 2. The number of benzene rings is 3. The molecule has 0 amide bonds. The molecule has 3 aromatic carbocycles. The summed E-state index contributed by atoms with van der Waals surface area (Å²) in [6.45, 7) is 2.00. The number of aromatic nitrogens is 2. The second-order valence-corrected chi connectivity index (χ2v) is 11.3. The van der Waals surface area contributed by atoms with Crippen LogP contribution < -0.4 is 15.4 Å². The number of alkyl halides is 3. The van der Waals surface area contributed by atoms with Gasteiger partial charge in [-0.1, -0.05) is 42.5 Å². The van der Waals surface area contributed by atoms with Crippen molar-refractivity contribution in [3.63, 3.8) is 0 Å². The van der Waals surface area contributed by atoms with Crippen molar-refractivity contribution in [1.82, 2.24) is 20.8 Å². The van der Waals surface area contributed by atoms with Crippen molar-refractivity contribution < 1.29 is 27.0 Å². The Morgan fingerprint density at radius 3 is 2.59 bits per heavy atom. The van der Waals surface area contributed by atoms with E-state index in [2.05, 4.69) is 39.0 Å². The maximum Gasteiger partial charge on any atom is 0.407 e. The van der Waals surface area contributed by atoms with Gasteiger partial charge < -0.3 is 20.1 Å². The summed E-state index contributed by atoms with van der Waals surface area (Å²) < 4.78 is 67.1. The molecule has 11 heteroatoms. The molecule has 0 saturated heterocycles. The van der Waals surface area contributed by atoms with Gasteiger partial charge in [0, 0.05) is 35.7 Å². The largest absolute Gasteiger partial charge is 0.490 e. The lowest BCUT2D eigenvalue weighted by Gasteiger charge is -2.22. The first kappa shape index (κ1) is 30.1. The molecule has 6 rings (SSSR count). The zero-order valence-corrected chi connectivity index (χ0v) is 24.5. The van der Waals surface area contributed by atoms with E-state index >= 15 is 0 Å². The minimum atomic E-state index is -4.44. The van der Waals surface area contributed by atoms with Crippen molar-refractivity contribution in [3.8, 4) is 28.3 Å². The molecule has 0 bridgehead atoms. The first-order chi connectivity index (χ1) is 21.4. The number of hydrogen-bond acceptors (Lipinski definition) is 7. The number of rotatable bonds is 11. The molecule has 0 fully saturated rings. The zero-order chi connectivity index (χ0) is 30.5. The molecule has 3 heterocycles. The van der Waals surface area contributed by atoms with Crippen LogP contribution in [0.15, 0.2) is 78.2 Å². The normalized spacial score (nSPS) is 14.0. The standard InChI is InChI=1S/C33H30F4N4O2S/c34-25-8-9-26(28(19-25)43-16-15-42-14-13-39-32(33(35,36)37)21-4-2-1-3-5-21)30-31-27(11-17-44-31)29(40-41-30)23-6-7-24-20-38-12-10-22(24)18-23/h1-9,11,17-19,32,38-39H,10,12-16,20H2. The molecular formula is C33H30F4N4O2S. The van der Waals surface area contributed by atoms with E-state index in [0.29, 0.717) is 11.3 Å². The molecule has 0 aliphatic carbocycles. The van der Waals surface area contributed by atoms with E-state index in [1.807, 2.05) is 11.4 Å². The minimum Gasteiger partial charge on any atom is -0.490 e. The summed E-state index contributed by atoms with van der Waals surface area (Å²) in [4.78, 5) is 0. The SMILES string of the molecule is Fc1ccc(-c2nnc(-c3ccc4c(c3)CCNC4)c3ccsc23)c(OCCOCCNC(c2ccccc2)C(F)(F)F)c1. The minimum absolute atomic E-state index is 0.0102. The first-order valence-electron chi connectivity index (χ1n) is 14.3. The Hall–Kier alpha value is -3.90. The van der Waals surface area contributed by atoms with Crippen LogP contribution in [0.1, 0.15) is 22.7 Å². The van der Waals surface area contributed by atoms with Gasteiger partial charge in [0.2, 0.25) is 0 Å². The molecular weight excluding hydrogens is 592 g/mol. The summed E-state index contributed by atoms with van der Waals surface area (Å²) in [7, 11) is 0. The van der Waals surface area contributed by atoms with Crippen LogP contribution in [0.4, 0.5) is 17.6 Å². The third kappa shape index (κ3) is 6.76. The number of fused-ring (bicyclic) bond motifs is 2. The Balaban J connectivity index is 1.11. The fourth-order valence-corrected chi connectivity index (χ4v) is 6.25. The van der Waals surface area contributed by atoms with E-state index in [1.165, 1.54) is 46.7 Å². The van der Waals surface area contributed by atoms with Gasteiger partial charge in [-0.3, -0.25) is 0 Å². The summed E-state index contributed by atoms with van der Waals surface area (Å²) in [5.74, 6) is -0.186. The van der Waals surface area contributed by atoms with Gasteiger partial charge in [0.15, 0.2) is 0 Å². The molecule has 228 valence electrons. The van der Waals surface area contributed by atoms with E-state index in [1.54, 1.807) is 24.3 Å². The smallest absolute Gasteiger partial charge is 0.407 e. The van der Waals surface area contributed by atoms with Crippen LogP contribution in [0.2, 0.25) is 0 Å². The van der Waals surface area contributed by atoms with Crippen LogP contribution in [-0.2, 0) is 17.7 Å². The van der Waals surface area contributed by atoms with Crippen molar-refractivity contribution >= 4 is 21.4 Å². The molecule has 1 unspecified atom stereocenters. The highest BCUT2D eigenvalue weighted by Gasteiger charge is 2.40. The van der Waals surface area contributed by atoms with Crippen LogP contribution in [0, 0.1) is 5.82 Å². The van der Waals surface area contributed by atoms with Crippen LogP contribution in [0.5, 0.6) is 5.75 Å². The van der Waals surface area contributed by atoms with Gasteiger partial charge in [-0.15, -0.1) is 21.5 Å². The van der Waals surface area contributed by atoms with Crippen molar-refractivity contribution in [3.05, 3.63) is 101 Å². The predicted molar refractivity (Wildman–Crippen MR) is 163 cm³/mol. The molecule has 1 atom stereocenters. The Labute approximate surface area is 256 Å². The Bertz CT molecular complexity index is 1730. The highest BCUT2D eigenvalue weighted by atomic mass is 32.1. The van der Waals surface area contributed by atoms with Gasteiger partial charge in [0.05, 0.1) is 17.9 Å². The van der Waals surface area contributed by atoms with Gasteiger partial charge in [-0.2, -0.15) is 13.2 Å². The van der Waals surface area contributed by atoms with E-state index in [0.717, 1.165) is 40.9 Å². The maximum atomic E-state index is 14.3. The third-order valence-electron chi connectivity index (χ3n) is 7.49. The van der Waals surface area contributed by atoms with Crippen molar-refractivity contribution in [2.24, 2.45) is 0 Å². The zero-order valence-electron chi connectivity index (χ0n) is 23.7. The number of ether oxygens (including phenoxy) is 2. The van der Waals surface area contributed by atoms with Crippen LogP contribution >= 0.6 is 11.3 Å². The maximum absolute atomic E-state index is 14.3. The Kier molecular flexibility index (Phi) is 9.17. The quantitative estimate of drug-likeness (QED) is 0.121. The lowest BCUT2D eigenvalue weighted by molar-refractivity contribution is -0.158. The topological polar surface area (TPSA) is 68.3 Å². The number of halogens is 4. The number of nitrogens with one attached hydrogen (secondary N) is 2. The van der Waals surface area contributed by atoms with Crippen LogP contribution in [0.3, 0.4) is 0 Å². The lowest BCUT2D eigenvalue weighted by atomic mass is 9.96. The van der Waals surface area contributed by atoms with E-state index in [-0.39, 0.29) is 37.7 Å². The van der Waals surface area contributed by atoms with E-state index < -0.39 is 18.0 Å². The van der Waals surface area contributed by atoms with Gasteiger partial charge in [0.25, 0.3) is 0 Å². The molecule has 1 aliphatic rings. The summed E-state index contributed by atoms with van der Waals surface area (Å²) in [5, 5.41) is 18.0. The monoisotopic (exact) mass is 622 g/mol. The Morgan fingerprint density at radius 2 is 1.75 bits per heavy atom. The summed E-state index contributed by atoms with van der Waals surface area (Å²) in [6.07, 6.45) is -3.48.